The number of nitrogens with two attached hydrogens (primary N) is 1. The van der Waals surface area contributed by atoms with E-state index >= 15 is 0 Å². The summed E-state index contributed by atoms with van der Waals surface area (Å²) >= 11 is 1.37. The molecule has 0 fully saturated rings. The van der Waals surface area contributed by atoms with E-state index in [9.17, 15) is 14.7 Å². The average Bonchev–Trinajstić information content (AvgIpc) is 3.50. The summed E-state index contributed by atoms with van der Waals surface area (Å²) in [5.74, 6) is 0.0378. The molecule has 0 saturated heterocycles. The van der Waals surface area contributed by atoms with Gasteiger partial charge in [0.05, 0.1) is 24.4 Å². The topological polar surface area (TPSA) is 124 Å². The fourth-order valence-electron chi connectivity index (χ4n) is 5.45. The van der Waals surface area contributed by atoms with Crippen molar-refractivity contribution >= 4 is 23.2 Å². The third-order valence-corrected chi connectivity index (χ3v) is 8.62. The number of primary amides is 1. The monoisotopic (exact) mass is 615 g/mol. The fourth-order valence-corrected chi connectivity index (χ4v) is 6.34. The first-order chi connectivity index (χ1) is 21.3. The Hall–Kier alpha value is -4.21. The van der Waals surface area contributed by atoms with Gasteiger partial charge in [0, 0.05) is 17.4 Å². The van der Waals surface area contributed by atoms with Crippen molar-refractivity contribution < 1.29 is 24.2 Å². The summed E-state index contributed by atoms with van der Waals surface area (Å²) in [6, 6.07) is 23.3. The van der Waals surface area contributed by atoms with Crippen LogP contribution in [0.4, 0.5) is 0 Å². The lowest BCUT2D eigenvalue weighted by atomic mass is 9.85. The van der Waals surface area contributed by atoms with E-state index in [0.717, 1.165) is 11.1 Å². The van der Waals surface area contributed by atoms with E-state index < -0.39 is 24.0 Å². The van der Waals surface area contributed by atoms with Gasteiger partial charge in [-0.1, -0.05) is 81.3 Å². The second-order valence-electron chi connectivity index (χ2n) is 10.9. The normalized spacial score (nSPS) is 12.5. The first-order valence-corrected chi connectivity index (χ1v) is 15.8. The largest absolute Gasteiger partial charge is 0.493 e. The third-order valence-electron chi connectivity index (χ3n) is 7.78. The molecule has 1 atom stereocenters. The summed E-state index contributed by atoms with van der Waals surface area (Å²) in [5, 5.41) is 14.7. The molecule has 0 aliphatic rings. The summed E-state index contributed by atoms with van der Waals surface area (Å²) in [4.78, 5) is 29.0. The van der Waals surface area contributed by atoms with Crippen molar-refractivity contribution in [2.75, 3.05) is 13.7 Å². The number of benzene rings is 3. The van der Waals surface area contributed by atoms with Gasteiger partial charge >= 0.3 is 5.97 Å². The molecule has 0 radical (unpaired) electrons. The number of carbonyl (C=O) groups is 2. The van der Waals surface area contributed by atoms with Crippen molar-refractivity contribution in [1.82, 2.24) is 10.3 Å². The van der Waals surface area contributed by atoms with Crippen LogP contribution in [-0.4, -0.2) is 35.6 Å². The summed E-state index contributed by atoms with van der Waals surface area (Å²) in [5.41, 5.74) is 9.01. The van der Waals surface area contributed by atoms with Crippen molar-refractivity contribution in [3.63, 3.8) is 0 Å². The number of rotatable bonds is 17. The Labute approximate surface area is 263 Å². The Balaban J connectivity index is 1.50. The molecule has 1 heterocycles. The predicted molar refractivity (Wildman–Crippen MR) is 174 cm³/mol. The highest BCUT2D eigenvalue weighted by Gasteiger charge is 2.40. The minimum absolute atomic E-state index is 0.0963. The molecule has 1 aromatic heterocycles. The van der Waals surface area contributed by atoms with Crippen LogP contribution in [0.3, 0.4) is 0 Å². The van der Waals surface area contributed by atoms with Crippen LogP contribution in [-0.2, 0) is 28.2 Å². The number of carboxylic acids is 1. The van der Waals surface area contributed by atoms with Gasteiger partial charge in [-0.15, -0.1) is 11.3 Å². The minimum atomic E-state index is -1.44. The van der Waals surface area contributed by atoms with E-state index in [2.05, 4.69) is 43.4 Å². The molecule has 4 rings (SSSR count). The second-order valence-corrected chi connectivity index (χ2v) is 11.8. The number of thiazole rings is 1. The second kappa shape index (κ2) is 15.5. The van der Waals surface area contributed by atoms with Gasteiger partial charge in [-0.2, -0.15) is 0 Å². The maximum atomic E-state index is 12.8. The van der Waals surface area contributed by atoms with E-state index in [4.69, 9.17) is 20.2 Å². The SMILES string of the molecule is CCCC(CCC)c1ccc(COc2ccc(-c3csc(CC(NCC(=O)O)(C(N)=O)c4ccccc4)n3)cc2OC)cc1. The summed E-state index contributed by atoms with van der Waals surface area (Å²) in [6.45, 7) is 4.46. The van der Waals surface area contributed by atoms with Crippen molar-refractivity contribution in [1.29, 1.82) is 0 Å². The van der Waals surface area contributed by atoms with Gasteiger partial charge in [-0.3, -0.25) is 14.9 Å². The van der Waals surface area contributed by atoms with Gasteiger partial charge in [0.25, 0.3) is 0 Å². The predicted octanol–water partition coefficient (Wildman–Crippen LogP) is 6.68. The number of hydrogen-bond acceptors (Lipinski definition) is 7. The fraction of sp³-hybridized carbons (Fsp3) is 0.343. The maximum Gasteiger partial charge on any atom is 0.317 e. The van der Waals surface area contributed by atoms with Gasteiger partial charge in [0.2, 0.25) is 5.91 Å². The molecule has 9 heteroatoms. The van der Waals surface area contributed by atoms with Crippen LogP contribution in [0.1, 0.15) is 67.1 Å². The van der Waals surface area contributed by atoms with Gasteiger partial charge in [-0.25, -0.2) is 4.98 Å². The zero-order valence-electron chi connectivity index (χ0n) is 25.5. The van der Waals surface area contributed by atoms with E-state index in [1.807, 2.05) is 29.6 Å². The first kappa shape index (κ1) is 32.7. The minimum Gasteiger partial charge on any atom is -0.493 e. The number of methoxy groups -OCH3 is 1. The number of carboxylic acid groups (broad SMARTS) is 1. The van der Waals surface area contributed by atoms with Crippen LogP contribution in [0.25, 0.3) is 11.3 Å². The lowest BCUT2D eigenvalue weighted by Gasteiger charge is -2.31. The average molecular weight is 616 g/mol. The number of hydrogen-bond donors (Lipinski definition) is 3. The number of carbonyl (C=O) groups excluding carboxylic acids is 1. The molecule has 0 bridgehead atoms. The number of nitrogens with zero attached hydrogens (tertiary/aromatic N) is 1. The van der Waals surface area contributed by atoms with Gasteiger partial charge < -0.3 is 20.3 Å². The van der Waals surface area contributed by atoms with Crippen molar-refractivity contribution in [2.24, 2.45) is 5.73 Å². The van der Waals surface area contributed by atoms with Crippen LogP contribution in [0, 0.1) is 0 Å². The lowest BCUT2D eigenvalue weighted by Crippen LogP contribution is -2.55. The number of ether oxygens (including phenoxy) is 2. The number of aliphatic carboxylic acids is 1. The first-order valence-electron chi connectivity index (χ1n) is 15.0. The van der Waals surface area contributed by atoms with Crippen molar-refractivity contribution in [3.05, 3.63) is 99.9 Å². The van der Waals surface area contributed by atoms with Crippen molar-refractivity contribution in [2.45, 2.75) is 64.0 Å². The van der Waals surface area contributed by atoms with Crippen LogP contribution < -0.4 is 20.5 Å². The highest BCUT2D eigenvalue weighted by atomic mass is 32.1. The van der Waals surface area contributed by atoms with Gasteiger partial charge in [0.15, 0.2) is 11.5 Å². The van der Waals surface area contributed by atoms with Crippen molar-refractivity contribution in [3.8, 4) is 22.8 Å². The molecule has 3 aromatic carbocycles. The maximum absolute atomic E-state index is 12.8. The number of nitrogens with one attached hydrogen (secondary N) is 1. The van der Waals surface area contributed by atoms with E-state index in [1.54, 1.807) is 31.4 Å². The molecule has 0 spiro atoms. The Bertz CT molecular complexity index is 1520. The molecule has 1 amide bonds. The Morgan fingerprint density at radius 3 is 2.32 bits per heavy atom. The zero-order chi connectivity index (χ0) is 31.5. The van der Waals surface area contributed by atoms with Crippen LogP contribution in [0.2, 0.25) is 0 Å². The number of amides is 1. The van der Waals surface area contributed by atoms with E-state index in [0.29, 0.717) is 40.3 Å². The highest BCUT2D eigenvalue weighted by molar-refractivity contribution is 7.10. The van der Waals surface area contributed by atoms with Crippen LogP contribution in [0.15, 0.2) is 78.2 Å². The molecule has 4 N–H and O–H groups in total. The molecule has 1 unspecified atom stereocenters. The van der Waals surface area contributed by atoms with E-state index in [-0.39, 0.29) is 6.42 Å². The zero-order valence-corrected chi connectivity index (χ0v) is 26.4. The van der Waals surface area contributed by atoms with Gasteiger partial charge in [0.1, 0.15) is 12.1 Å². The molecular formula is C35H41N3O5S. The Kier molecular flexibility index (Phi) is 11.5. The molecular weight excluding hydrogens is 574 g/mol. The summed E-state index contributed by atoms with van der Waals surface area (Å²) in [6.07, 6.45) is 4.86. The Morgan fingerprint density at radius 2 is 1.70 bits per heavy atom. The summed E-state index contributed by atoms with van der Waals surface area (Å²) < 4.78 is 11.8. The smallest absolute Gasteiger partial charge is 0.317 e. The molecule has 0 saturated carbocycles. The Morgan fingerprint density at radius 1 is 1.00 bits per heavy atom. The van der Waals surface area contributed by atoms with Gasteiger partial charge in [-0.05, 0) is 53.6 Å². The standard InChI is InChI=1S/C35H41N3O5S/c1-4-9-25(10-5-2)26-15-13-24(14-16-26)22-43-30-18-17-27(19-31(30)42-3)29-23-44-32(38-29)20-35(34(36)41,37-21-33(39)40)28-11-7-6-8-12-28/h6-8,11-19,23,25,37H,4-5,9-10,20-22H2,1-3H3,(H2,36,41)(H,39,40). The quantitative estimate of drug-likeness (QED) is 0.121. The highest BCUT2D eigenvalue weighted by Crippen LogP contribution is 2.35. The van der Waals surface area contributed by atoms with E-state index in [1.165, 1.54) is 42.6 Å². The molecule has 8 nitrogen and oxygen atoms in total. The third kappa shape index (κ3) is 8.03. The lowest BCUT2D eigenvalue weighted by molar-refractivity contribution is -0.136. The molecule has 4 aromatic rings. The molecule has 0 aliphatic heterocycles. The molecule has 0 aliphatic carbocycles. The van der Waals surface area contributed by atoms with Crippen LogP contribution >= 0.6 is 11.3 Å². The molecule has 232 valence electrons. The van der Waals surface area contributed by atoms with Crippen LogP contribution in [0.5, 0.6) is 11.5 Å². The summed E-state index contributed by atoms with van der Waals surface area (Å²) in [7, 11) is 1.60. The number of aromatic nitrogens is 1. The molecule has 44 heavy (non-hydrogen) atoms.